The smallest absolute Gasteiger partial charge is 0.254 e. The van der Waals surface area contributed by atoms with E-state index >= 15 is 0 Å². The van der Waals surface area contributed by atoms with Crippen molar-refractivity contribution in [2.24, 2.45) is 0 Å². The largest absolute Gasteiger partial charge is 0.368 e. The molecule has 0 bridgehead atoms. The minimum atomic E-state index is -0.270. The number of H-pyrrole nitrogens is 1. The first-order valence-electron chi connectivity index (χ1n) is 11.5. The van der Waals surface area contributed by atoms with Crippen molar-refractivity contribution < 1.29 is 9.53 Å². The Labute approximate surface area is 171 Å². The van der Waals surface area contributed by atoms with Crippen LogP contribution in [0.1, 0.15) is 74.4 Å². The summed E-state index contributed by atoms with van der Waals surface area (Å²) in [5, 5.41) is 0. The molecule has 2 saturated heterocycles. The van der Waals surface area contributed by atoms with Crippen LogP contribution in [0, 0.1) is 0 Å². The summed E-state index contributed by atoms with van der Waals surface area (Å²) in [6.07, 6.45) is 9.70. The highest BCUT2D eigenvalue weighted by Gasteiger charge is 2.35. The van der Waals surface area contributed by atoms with Crippen molar-refractivity contribution in [3.8, 4) is 0 Å². The summed E-state index contributed by atoms with van der Waals surface area (Å²) in [5.41, 5.74) is 1.85. The molecule has 1 N–H and O–H groups in total. The standard InChI is InChI=1S/C22H32N4O3/c27-21-17-9-11-25(16-5-2-1-3-6-16)14-18(17)23-20(24-21)15-8-10-26(13-15)22(28)19-7-4-12-29-19/h15-16,19H,1-14H2,(H,23,24,27)/t15-,19+/m1/s1. The third-order valence-corrected chi connectivity index (χ3v) is 7.30. The molecule has 0 radical (unpaired) electrons. The predicted molar refractivity (Wildman–Crippen MR) is 109 cm³/mol. The lowest BCUT2D eigenvalue weighted by Crippen LogP contribution is -2.42. The Morgan fingerprint density at radius 2 is 1.93 bits per heavy atom. The fourth-order valence-corrected chi connectivity index (χ4v) is 5.59. The van der Waals surface area contributed by atoms with Gasteiger partial charge in [0.15, 0.2) is 0 Å². The SMILES string of the molecule is O=C([C@@H]1CCCO1)N1CC[C@@H](c2nc3c(c(=O)[nH]2)CCN(C2CCCCC2)C3)C1. The highest BCUT2D eigenvalue weighted by atomic mass is 16.5. The van der Waals surface area contributed by atoms with Gasteiger partial charge in [-0.25, -0.2) is 4.98 Å². The number of nitrogens with one attached hydrogen (secondary N) is 1. The highest BCUT2D eigenvalue weighted by Crippen LogP contribution is 2.29. The fourth-order valence-electron chi connectivity index (χ4n) is 5.59. The van der Waals surface area contributed by atoms with Gasteiger partial charge < -0.3 is 14.6 Å². The highest BCUT2D eigenvalue weighted by molar-refractivity contribution is 5.81. The lowest BCUT2D eigenvalue weighted by molar-refractivity contribution is -0.139. The minimum Gasteiger partial charge on any atom is -0.368 e. The Balaban J connectivity index is 1.30. The Hall–Kier alpha value is -1.73. The van der Waals surface area contributed by atoms with Gasteiger partial charge in [-0.05, 0) is 38.5 Å². The van der Waals surface area contributed by atoms with Crippen LogP contribution in [0.5, 0.6) is 0 Å². The molecule has 7 heteroatoms. The van der Waals surface area contributed by atoms with Crippen LogP contribution in [0.25, 0.3) is 0 Å². The van der Waals surface area contributed by atoms with Crippen LogP contribution < -0.4 is 5.56 Å². The van der Waals surface area contributed by atoms with Gasteiger partial charge in [-0.15, -0.1) is 0 Å². The minimum absolute atomic E-state index is 0.0252. The lowest BCUT2D eigenvalue weighted by Gasteiger charge is -2.37. The van der Waals surface area contributed by atoms with Crippen molar-refractivity contribution in [3.63, 3.8) is 0 Å². The maximum absolute atomic E-state index is 12.7. The van der Waals surface area contributed by atoms with E-state index in [1.807, 2.05) is 4.90 Å². The maximum atomic E-state index is 12.7. The molecule has 0 spiro atoms. The molecule has 3 aliphatic heterocycles. The molecule has 4 heterocycles. The van der Waals surface area contributed by atoms with E-state index in [1.54, 1.807) is 0 Å². The van der Waals surface area contributed by atoms with Crippen LogP contribution >= 0.6 is 0 Å². The molecule has 1 aromatic heterocycles. The molecule has 1 saturated carbocycles. The lowest BCUT2D eigenvalue weighted by atomic mass is 9.92. The molecule has 1 amide bonds. The van der Waals surface area contributed by atoms with E-state index in [1.165, 1.54) is 32.1 Å². The number of aromatic nitrogens is 2. The number of rotatable bonds is 3. The summed E-state index contributed by atoms with van der Waals surface area (Å²) in [4.78, 5) is 37.8. The average molecular weight is 401 g/mol. The number of aromatic amines is 1. The van der Waals surface area contributed by atoms with Gasteiger partial charge in [0.25, 0.3) is 11.5 Å². The van der Waals surface area contributed by atoms with Crippen LogP contribution in [-0.2, 0) is 22.5 Å². The number of carbonyl (C=O) groups is 1. The molecule has 0 unspecified atom stereocenters. The first kappa shape index (κ1) is 19.2. The second kappa shape index (κ2) is 8.19. The van der Waals surface area contributed by atoms with E-state index in [0.717, 1.165) is 62.4 Å². The molecular formula is C22H32N4O3. The van der Waals surface area contributed by atoms with Crippen molar-refractivity contribution in [1.29, 1.82) is 0 Å². The van der Waals surface area contributed by atoms with E-state index < -0.39 is 0 Å². The Morgan fingerprint density at radius 1 is 1.07 bits per heavy atom. The van der Waals surface area contributed by atoms with E-state index in [9.17, 15) is 9.59 Å². The molecule has 3 fully saturated rings. The van der Waals surface area contributed by atoms with E-state index in [4.69, 9.17) is 9.72 Å². The van der Waals surface area contributed by atoms with Gasteiger partial charge in [-0.3, -0.25) is 14.5 Å². The normalized spacial score (nSPS) is 28.6. The molecule has 7 nitrogen and oxygen atoms in total. The number of fused-ring (bicyclic) bond motifs is 1. The quantitative estimate of drug-likeness (QED) is 0.839. The zero-order chi connectivity index (χ0) is 19.8. The van der Waals surface area contributed by atoms with E-state index in [0.29, 0.717) is 19.2 Å². The number of hydrogen-bond donors (Lipinski definition) is 1. The van der Waals surface area contributed by atoms with Crippen molar-refractivity contribution in [3.05, 3.63) is 27.4 Å². The zero-order valence-corrected chi connectivity index (χ0v) is 17.2. The molecule has 158 valence electrons. The number of nitrogens with zero attached hydrogens (tertiary/aromatic N) is 3. The van der Waals surface area contributed by atoms with Gasteiger partial charge in [-0.1, -0.05) is 19.3 Å². The Bertz CT molecular complexity index is 811. The molecule has 29 heavy (non-hydrogen) atoms. The molecular weight excluding hydrogens is 368 g/mol. The predicted octanol–water partition coefficient (Wildman–Crippen LogP) is 1.96. The monoisotopic (exact) mass is 400 g/mol. The van der Waals surface area contributed by atoms with E-state index in [2.05, 4.69) is 9.88 Å². The first-order chi connectivity index (χ1) is 14.2. The van der Waals surface area contributed by atoms with Gasteiger partial charge in [-0.2, -0.15) is 0 Å². The summed E-state index contributed by atoms with van der Waals surface area (Å²) in [6.45, 7) is 3.80. The third-order valence-electron chi connectivity index (χ3n) is 7.30. The summed E-state index contributed by atoms with van der Waals surface area (Å²) in [7, 11) is 0. The summed E-state index contributed by atoms with van der Waals surface area (Å²) < 4.78 is 5.56. The van der Waals surface area contributed by atoms with Gasteiger partial charge >= 0.3 is 0 Å². The second-order valence-electron chi connectivity index (χ2n) is 9.16. The number of hydrogen-bond acceptors (Lipinski definition) is 5. The maximum Gasteiger partial charge on any atom is 0.254 e. The number of ether oxygens (including phenoxy) is 1. The van der Waals surface area contributed by atoms with Crippen LogP contribution in [0.4, 0.5) is 0 Å². The summed E-state index contributed by atoms with van der Waals surface area (Å²) >= 11 is 0. The molecule has 4 aliphatic rings. The van der Waals surface area contributed by atoms with Crippen molar-refractivity contribution >= 4 is 5.91 Å². The number of amides is 1. The van der Waals surface area contributed by atoms with Crippen LogP contribution in [-0.4, -0.2) is 64.1 Å². The summed E-state index contributed by atoms with van der Waals surface area (Å²) in [5.74, 6) is 0.985. The topological polar surface area (TPSA) is 78.5 Å². The molecule has 0 aromatic carbocycles. The van der Waals surface area contributed by atoms with Crippen LogP contribution in [0.15, 0.2) is 4.79 Å². The van der Waals surface area contributed by atoms with Gasteiger partial charge in [0, 0.05) is 50.3 Å². The summed E-state index contributed by atoms with van der Waals surface area (Å²) in [6, 6.07) is 0.646. The molecule has 1 aliphatic carbocycles. The Kier molecular flexibility index (Phi) is 5.43. The number of carbonyl (C=O) groups excluding carboxylic acids is 1. The molecule has 5 rings (SSSR count). The zero-order valence-electron chi connectivity index (χ0n) is 17.2. The average Bonchev–Trinajstić information content (AvgIpc) is 3.46. The van der Waals surface area contributed by atoms with Crippen LogP contribution in [0.2, 0.25) is 0 Å². The van der Waals surface area contributed by atoms with Crippen molar-refractivity contribution in [2.75, 3.05) is 26.2 Å². The third kappa shape index (κ3) is 3.87. The fraction of sp³-hybridized carbons (Fsp3) is 0.773. The van der Waals surface area contributed by atoms with Crippen LogP contribution in [0.3, 0.4) is 0 Å². The van der Waals surface area contributed by atoms with Gasteiger partial charge in [0.1, 0.15) is 11.9 Å². The molecule has 1 aromatic rings. The number of likely N-dealkylation sites (tertiary alicyclic amines) is 1. The van der Waals surface area contributed by atoms with Crippen molar-refractivity contribution in [1.82, 2.24) is 19.8 Å². The van der Waals surface area contributed by atoms with Gasteiger partial charge in [0.2, 0.25) is 0 Å². The van der Waals surface area contributed by atoms with Gasteiger partial charge in [0.05, 0.1) is 5.69 Å². The Morgan fingerprint density at radius 3 is 2.72 bits per heavy atom. The first-order valence-corrected chi connectivity index (χ1v) is 11.5. The second-order valence-corrected chi connectivity index (χ2v) is 9.16. The van der Waals surface area contributed by atoms with E-state index in [-0.39, 0.29) is 23.5 Å². The molecule has 2 atom stereocenters. The van der Waals surface area contributed by atoms with Crippen molar-refractivity contribution in [2.45, 2.75) is 82.4 Å².